The summed E-state index contributed by atoms with van der Waals surface area (Å²) in [5.41, 5.74) is 4.28. The Balaban J connectivity index is 1.85. The zero-order chi connectivity index (χ0) is 14.7. The van der Waals surface area contributed by atoms with E-state index in [1.165, 1.54) is 16.8 Å². The fraction of sp³-hybridized carbons (Fsp3) is 0.111. The van der Waals surface area contributed by atoms with Crippen molar-refractivity contribution in [1.82, 2.24) is 9.47 Å². The molecule has 3 rings (SSSR count). The number of pyridine rings is 1. The second kappa shape index (κ2) is 5.35. The Labute approximate surface area is 124 Å². The highest BCUT2D eigenvalue weighted by Gasteiger charge is 2.24. The Kier molecular flexibility index (Phi) is 3.39. The van der Waals surface area contributed by atoms with Gasteiger partial charge in [0.25, 0.3) is 0 Å². The molecule has 0 radical (unpaired) electrons. The highest BCUT2D eigenvalue weighted by Crippen LogP contribution is 2.28. The van der Waals surface area contributed by atoms with E-state index in [-0.39, 0.29) is 0 Å². The lowest BCUT2D eigenvalue weighted by Gasteiger charge is -2.31. The van der Waals surface area contributed by atoms with Gasteiger partial charge in [0.1, 0.15) is 18.4 Å². The maximum Gasteiger partial charge on any atom is 0.137 e. The molecule has 0 spiro atoms. The zero-order valence-corrected chi connectivity index (χ0v) is 11.9. The first-order valence-corrected chi connectivity index (χ1v) is 6.87. The number of quaternary nitrogens is 1. The smallest absolute Gasteiger partial charge is 0.137 e. The van der Waals surface area contributed by atoms with Gasteiger partial charge in [0.15, 0.2) is 0 Å². The van der Waals surface area contributed by atoms with Crippen LogP contribution in [-0.2, 0) is 0 Å². The molecule has 1 aromatic carbocycles. The van der Waals surface area contributed by atoms with Crippen molar-refractivity contribution in [3.63, 3.8) is 0 Å². The molecule has 102 valence electrons. The van der Waals surface area contributed by atoms with Gasteiger partial charge in [0, 0.05) is 24.5 Å². The fourth-order valence-corrected chi connectivity index (χ4v) is 2.49. The predicted octanol–water partition coefficient (Wildman–Crippen LogP) is 3.50. The number of rotatable bonds is 2. The van der Waals surface area contributed by atoms with Crippen LogP contribution >= 0.6 is 0 Å². The first kappa shape index (κ1) is 13.3. The Morgan fingerprint density at radius 1 is 1.10 bits per heavy atom. The quantitative estimate of drug-likeness (QED) is 0.786. The molecular weight excluding hydrogens is 258 g/mol. The van der Waals surface area contributed by atoms with Gasteiger partial charge in [0.2, 0.25) is 0 Å². The summed E-state index contributed by atoms with van der Waals surface area (Å²) >= 11 is 0. The van der Waals surface area contributed by atoms with E-state index in [2.05, 4.69) is 36.5 Å². The van der Waals surface area contributed by atoms with Gasteiger partial charge in [-0.15, -0.1) is 0 Å². The summed E-state index contributed by atoms with van der Waals surface area (Å²) in [6.45, 7) is 0.889. The third-order valence-corrected chi connectivity index (χ3v) is 3.87. The topological polar surface area (TPSA) is 36.7 Å². The van der Waals surface area contributed by atoms with Crippen molar-refractivity contribution >= 4 is 11.3 Å². The molecule has 0 bridgehead atoms. The molecule has 1 aliphatic heterocycles. The zero-order valence-electron chi connectivity index (χ0n) is 11.9. The summed E-state index contributed by atoms with van der Waals surface area (Å²) in [7, 11) is 2.16. The highest BCUT2D eigenvalue weighted by molar-refractivity contribution is 5.75. The van der Waals surface area contributed by atoms with Crippen molar-refractivity contribution < 1.29 is 0 Å². The van der Waals surface area contributed by atoms with E-state index >= 15 is 0 Å². The lowest BCUT2D eigenvalue weighted by atomic mass is 10.0. The standard InChI is InChI=1S/C18H16N3/c1-21(18-4-2-15(14-19)3-5-18)12-8-17(9-13-21)16-6-10-20-11-7-16/h2-12H,13H2,1H3/q+1. The average molecular weight is 274 g/mol. The minimum Gasteiger partial charge on any atom is -0.265 e. The Bertz CT molecular complexity index is 736. The second-order valence-electron chi connectivity index (χ2n) is 5.32. The summed E-state index contributed by atoms with van der Waals surface area (Å²) in [6, 6.07) is 14.0. The molecule has 0 amide bonds. The normalized spacial score (nSPS) is 20.7. The Hall–Kier alpha value is -2.70. The van der Waals surface area contributed by atoms with E-state index in [4.69, 9.17) is 5.26 Å². The summed E-state index contributed by atoms with van der Waals surface area (Å²) in [5, 5.41) is 8.88. The van der Waals surface area contributed by atoms with Gasteiger partial charge in [-0.2, -0.15) is 5.26 Å². The van der Waals surface area contributed by atoms with Crippen LogP contribution < -0.4 is 4.48 Å². The van der Waals surface area contributed by atoms with Crippen LogP contribution in [0.4, 0.5) is 5.69 Å². The molecule has 21 heavy (non-hydrogen) atoms. The van der Waals surface area contributed by atoms with Crippen LogP contribution in [-0.4, -0.2) is 18.6 Å². The molecule has 2 heterocycles. The minimum absolute atomic E-state index is 0.694. The number of aromatic nitrogens is 1. The van der Waals surface area contributed by atoms with Crippen LogP contribution in [0.15, 0.2) is 67.1 Å². The van der Waals surface area contributed by atoms with Gasteiger partial charge < -0.3 is 0 Å². The van der Waals surface area contributed by atoms with Gasteiger partial charge in [0.05, 0.1) is 18.7 Å². The number of hydrogen-bond donors (Lipinski definition) is 0. The predicted molar refractivity (Wildman–Crippen MR) is 85.1 cm³/mol. The minimum atomic E-state index is 0.694. The van der Waals surface area contributed by atoms with E-state index < -0.39 is 0 Å². The van der Waals surface area contributed by atoms with Crippen molar-refractivity contribution in [3.05, 3.63) is 78.3 Å². The molecule has 3 heteroatoms. The lowest BCUT2D eigenvalue weighted by molar-refractivity contribution is 0.487. The van der Waals surface area contributed by atoms with Gasteiger partial charge in [-0.25, -0.2) is 0 Å². The molecule has 0 aliphatic carbocycles. The number of likely N-dealkylation sites (N-methyl/N-ethyl adjacent to an activating group) is 1. The molecule has 0 saturated heterocycles. The number of hydrogen-bond acceptors (Lipinski definition) is 2. The first-order chi connectivity index (χ1) is 10.2. The Morgan fingerprint density at radius 3 is 2.38 bits per heavy atom. The number of nitriles is 1. The maximum atomic E-state index is 8.88. The van der Waals surface area contributed by atoms with Crippen molar-refractivity contribution in [2.24, 2.45) is 0 Å². The van der Waals surface area contributed by atoms with Crippen LogP contribution in [0.2, 0.25) is 0 Å². The third-order valence-electron chi connectivity index (χ3n) is 3.87. The molecule has 2 aromatic rings. The van der Waals surface area contributed by atoms with E-state index in [1.54, 1.807) is 0 Å². The molecule has 1 atom stereocenters. The summed E-state index contributed by atoms with van der Waals surface area (Å²) < 4.78 is 0.709. The molecule has 1 unspecified atom stereocenters. The molecule has 1 aromatic heterocycles. The van der Waals surface area contributed by atoms with Gasteiger partial charge in [-0.1, -0.05) is 0 Å². The van der Waals surface area contributed by atoms with Crippen LogP contribution in [0, 0.1) is 11.3 Å². The molecule has 3 nitrogen and oxygen atoms in total. The van der Waals surface area contributed by atoms with Gasteiger partial charge in [-0.05, 0) is 47.6 Å². The number of benzene rings is 1. The van der Waals surface area contributed by atoms with Crippen LogP contribution in [0.5, 0.6) is 0 Å². The molecule has 0 N–H and O–H groups in total. The largest absolute Gasteiger partial charge is 0.265 e. The van der Waals surface area contributed by atoms with Gasteiger partial charge >= 0.3 is 0 Å². The summed E-state index contributed by atoms with van der Waals surface area (Å²) in [5.74, 6) is 0. The highest BCUT2D eigenvalue weighted by atomic mass is 15.3. The van der Waals surface area contributed by atoms with Crippen molar-refractivity contribution in [2.75, 3.05) is 13.6 Å². The van der Waals surface area contributed by atoms with E-state index in [0.717, 1.165) is 6.54 Å². The molecule has 0 saturated carbocycles. The van der Waals surface area contributed by atoms with Crippen molar-refractivity contribution in [3.8, 4) is 6.07 Å². The molecular formula is C18H16N3+. The lowest BCUT2D eigenvalue weighted by Crippen LogP contribution is -2.40. The monoisotopic (exact) mass is 274 g/mol. The van der Waals surface area contributed by atoms with Gasteiger partial charge in [-0.3, -0.25) is 9.47 Å². The number of allylic oxidation sites excluding steroid dienone is 2. The third kappa shape index (κ3) is 2.62. The first-order valence-electron chi connectivity index (χ1n) is 6.87. The second-order valence-corrected chi connectivity index (χ2v) is 5.32. The summed E-state index contributed by atoms with van der Waals surface area (Å²) in [6.07, 6.45) is 10.2. The average Bonchev–Trinajstić information content (AvgIpc) is 2.56. The van der Waals surface area contributed by atoms with Crippen LogP contribution in [0.1, 0.15) is 11.1 Å². The fourth-order valence-electron chi connectivity index (χ4n) is 2.49. The molecule has 0 fully saturated rings. The molecule has 1 aliphatic rings. The van der Waals surface area contributed by atoms with Crippen molar-refractivity contribution in [2.45, 2.75) is 0 Å². The SMILES string of the molecule is C[N+]1(c2ccc(C#N)cc2)C=CC(c2ccncc2)=CC1. The van der Waals surface area contributed by atoms with Crippen molar-refractivity contribution in [1.29, 1.82) is 5.26 Å². The Morgan fingerprint density at radius 2 is 1.81 bits per heavy atom. The van der Waals surface area contributed by atoms with Crippen LogP contribution in [0.3, 0.4) is 0 Å². The summed E-state index contributed by atoms with van der Waals surface area (Å²) in [4.78, 5) is 4.05. The number of nitrogens with zero attached hydrogens (tertiary/aromatic N) is 3. The van der Waals surface area contributed by atoms with E-state index in [1.807, 2.05) is 48.8 Å². The van der Waals surface area contributed by atoms with E-state index in [9.17, 15) is 0 Å². The maximum absolute atomic E-state index is 8.88. The van der Waals surface area contributed by atoms with E-state index in [0.29, 0.717) is 10.0 Å². The van der Waals surface area contributed by atoms with Crippen LogP contribution in [0.25, 0.3) is 5.57 Å².